The number of thioether (sulfide) groups is 1. The van der Waals surface area contributed by atoms with Gasteiger partial charge in [0.1, 0.15) is 0 Å². The smallest absolute Gasteiger partial charge is 0.340 e. The maximum Gasteiger partial charge on any atom is 0.340 e. The highest BCUT2D eigenvalue weighted by Crippen LogP contribution is 2.29. The molecular weight excluding hydrogens is 356 g/mol. The average Bonchev–Trinajstić information content (AvgIpc) is 3.00. The van der Waals surface area contributed by atoms with E-state index in [1.807, 2.05) is 0 Å². The minimum Gasteiger partial charge on any atom is -0.504 e. The summed E-state index contributed by atoms with van der Waals surface area (Å²) in [6.07, 6.45) is 1.64. The van der Waals surface area contributed by atoms with Crippen molar-refractivity contribution >= 4 is 29.5 Å². The molecule has 1 aromatic carbocycles. The molecule has 0 fully saturated rings. The second-order valence-corrected chi connectivity index (χ2v) is 6.33. The van der Waals surface area contributed by atoms with Gasteiger partial charge in [-0.2, -0.15) is 9.78 Å². The zero-order valence-corrected chi connectivity index (χ0v) is 15.4. The van der Waals surface area contributed by atoms with Crippen LogP contribution in [-0.4, -0.2) is 51.1 Å². The van der Waals surface area contributed by atoms with E-state index in [-0.39, 0.29) is 12.4 Å². The second-order valence-electron chi connectivity index (χ2n) is 5.39. The number of carbonyl (C=O) groups is 1. The van der Waals surface area contributed by atoms with E-state index < -0.39 is 5.97 Å². The number of aromatic nitrogens is 3. The highest BCUT2D eigenvalue weighted by atomic mass is 32.2. The van der Waals surface area contributed by atoms with Crippen molar-refractivity contribution in [2.75, 3.05) is 19.5 Å². The van der Waals surface area contributed by atoms with Gasteiger partial charge in [-0.25, -0.2) is 4.79 Å². The van der Waals surface area contributed by atoms with Gasteiger partial charge in [0.25, 0.3) is 0 Å². The fourth-order valence-corrected chi connectivity index (χ4v) is 3.26. The molecule has 0 aliphatic carbocycles. The number of rotatable bonds is 5. The molecule has 0 saturated carbocycles. The Morgan fingerprint density at radius 2 is 2.23 bits per heavy atom. The molecule has 3 rings (SSSR count). The van der Waals surface area contributed by atoms with Crippen LogP contribution in [0.5, 0.6) is 11.5 Å². The number of hydrogen-bond donors (Lipinski definition) is 1. The molecule has 1 aliphatic heterocycles. The summed E-state index contributed by atoms with van der Waals surface area (Å²) in [6, 6.07) is 4.89. The summed E-state index contributed by atoms with van der Waals surface area (Å²) < 4.78 is 11.8. The largest absolute Gasteiger partial charge is 0.504 e. The van der Waals surface area contributed by atoms with Crippen LogP contribution in [0.2, 0.25) is 0 Å². The van der Waals surface area contributed by atoms with Gasteiger partial charge in [-0.15, -0.1) is 10.2 Å². The number of fused-ring (bicyclic) bond motifs is 1. The molecule has 0 atom stereocenters. The number of benzene rings is 1. The van der Waals surface area contributed by atoms with E-state index in [0.717, 1.165) is 0 Å². The van der Waals surface area contributed by atoms with Crippen molar-refractivity contribution in [1.29, 1.82) is 0 Å². The lowest BCUT2D eigenvalue weighted by Gasteiger charge is -2.15. The Labute approximate surface area is 154 Å². The average molecular weight is 374 g/mol. The number of hydrogen-bond acceptors (Lipinski definition) is 8. The van der Waals surface area contributed by atoms with Crippen molar-refractivity contribution in [3.63, 3.8) is 0 Å². The van der Waals surface area contributed by atoms with Gasteiger partial charge in [-0.3, -0.25) is 0 Å². The van der Waals surface area contributed by atoms with Gasteiger partial charge in [0, 0.05) is 5.75 Å². The lowest BCUT2D eigenvalue weighted by Crippen LogP contribution is -2.21. The molecule has 0 spiro atoms. The van der Waals surface area contributed by atoms with Crippen LogP contribution in [0.15, 0.2) is 34.0 Å². The maximum atomic E-state index is 12.5. The molecule has 2 aromatic rings. The van der Waals surface area contributed by atoms with E-state index in [0.29, 0.717) is 39.3 Å². The van der Waals surface area contributed by atoms with E-state index in [1.165, 1.54) is 24.9 Å². The Hall–Kier alpha value is -2.81. The Morgan fingerprint density at radius 1 is 1.42 bits per heavy atom. The summed E-state index contributed by atoms with van der Waals surface area (Å²) in [7, 11) is 1.47. The summed E-state index contributed by atoms with van der Waals surface area (Å²) in [5.74, 6) is 0.966. The van der Waals surface area contributed by atoms with Crippen LogP contribution in [0, 0.1) is 6.92 Å². The van der Waals surface area contributed by atoms with Crippen molar-refractivity contribution in [2.24, 2.45) is 5.10 Å². The molecule has 0 saturated heterocycles. The first-order valence-electron chi connectivity index (χ1n) is 7.92. The second kappa shape index (κ2) is 7.61. The molecule has 1 N–H and O–H groups in total. The number of phenolic OH excluding ortho intramolecular Hbond substituents is 1. The molecule has 0 amide bonds. The summed E-state index contributed by atoms with van der Waals surface area (Å²) in [5.41, 5.74) is 1.51. The number of ether oxygens (including phenoxy) is 2. The van der Waals surface area contributed by atoms with Crippen LogP contribution in [0.4, 0.5) is 0 Å². The molecule has 0 unspecified atom stereocenters. The van der Waals surface area contributed by atoms with Crippen LogP contribution in [0.3, 0.4) is 0 Å². The van der Waals surface area contributed by atoms with Crippen molar-refractivity contribution in [2.45, 2.75) is 19.0 Å². The molecule has 1 aromatic heterocycles. The van der Waals surface area contributed by atoms with Gasteiger partial charge < -0.3 is 14.6 Å². The third-order valence-electron chi connectivity index (χ3n) is 3.65. The van der Waals surface area contributed by atoms with Crippen LogP contribution in [0.25, 0.3) is 6.08 Å². The summed E-state index contributed by atoms with van der Waals surface area (Å²) in [5, 5.41) is 23.2. The van der Waals surface area contributed by atoms with Gasteiger partial charge in [0.05, 0.1) is 25.0 Å². The molecule has 9 heteroatoms. The Kier molecular flexibility index (Phi) is 5.27. The fraction of sp³-hybridized carbons (Fsp3) is 0.294. The van der Waals surface area contributed by atoms with E-state index >= 15 is 0 Å². The Morgan fingerprint density at radius 3 is 2.92 bits per heavy atom. The molecule has 2 heterocycles. The zero-order valence-electron chi connectivity index (χ0n) is 14.6. The summed E-state index contributed by atoms with van der Waals surface area (Å²) in [4.78, 5) is 12.5. The number of esters is 1. The minimum absolute atomic E-state index is 0.0126. The minimum atomic E-state index is -0.476. The number of carbonyl (C=O) groups excluding carboxylic acids is 1. The first kappa shape index (κ1) is 18.0. The first-order valence-corrected chi connectivity index (χ1v) is 8.91. The molecule has 8 nitrogen and oxygen atoms in total. The monoisotopic (exact) mass is 374 g/mol. The van der Waals surface area contributed by atoms with Gasteiger partial charge in [-0.1, -0.05) is 17.8 Å². The van der Waals surface area contributed by atoms with Crippen LogP contribution >= 0.6 is 11.8 Å². The summed E-state index contributed by atoms with van der Waals surface area (Å²) >= 11 is 1.44. The van der Waals surface area contributed by atoms with Crippen LogP contribution in [0.1, 0.15) is 18.3 Å². The SMILES string of the molecule is CCOC(=O)/C(=C\c1ccc(OC)c(O)c1)C1=Nn2c(C)nnc2SC1. The van der Waals surface area contributed by atoms with Crippen LogP contribution < -0.4 is 4.74 Å². The highest BCUT2D eigenvalue weighted by Gasteiger charge is 2.24. The zero-order chi connectivity index (χ0) is 18.7. The van der Waals surface area contributed by atoms with E-state index in [1.54, 1.807) is 36.7 Å². The summed E-state index contributed by atoms with van der Waals surface area (Å²) in [6.45, 7) is 3.79. The van der Waals surface area contributed by atoms with Crippen molar-refractivity contribution < 1.29 is 19.4 Å². The predicted octanol–water partition coefficient (Wildman–Crippen LogP) is 2.26. The van der Waals surface area contributed by atoms with Crippen molar-refractivity contribution in [1.82, 2.24) is 14.9 Å². The van der Waals surface area contributed by atoms with Crippen molar-refractivity contribution in [3.8, 4) is 11.5 Å². The molecule has 136 valence electrons. The quantitative estimate of drug-likeness (QED) is 0.633. The van der Waals surface area contributed by atoms with Crippen molar-refractivity contribution in [3.05, 3.63) is 35.2 Å². The molecular formula is C17H18N4O4S. The number of nitrogens with zero attached hydrogens (tertiary/aromatic N) is 4. The van der Waals surface area contributed by atoms with Gasteiger partial charge >= 0.3 is 5.97 Å². The Bertz CT molecular complexity index is 904. The molecule has 26 heavy (non-hydrogen) atoms. The third kappa shape index (κ3) is 3.57. The van der Waals surface area contributed by atoms with Gasteiger partial charge in [0.2, 0.25) is 5.16 Å². The Balaban J connectivity index is 2.04. The molecule has 0 bridgehead atoms. The predicted molar refractivity (Wildman–Crippen MR) is 97.6 cm³/mol. The fourth-order valence-electron chi connectivity index (χ4n) is 2.39. The number of aromatic hydroxyl groups is 1. The number of methoxy groups -OCH3 is 1. The van der Waals surface area contributed by atoms with Gasteiger partial charge in [-0.05, 0) is 37.6 Å². The maximum absolute atomic E-state index is 12.5. The molecule has 1 aliphatic rings. The lowest BCUT2D eigenvalue weighted by molar-refractivity contribution is -0.137. The lowest BCUT2D eigenvalue weighted by atomic mass is 10.1. The highest BCUT2D eigenvalue weighted by molar-refractivity contribution is 7.99. The standard InChI is InChI=1S/C17H18N4O4S/c1-4-25-16(23)12(7-11-5-6-15(24-3)14(22)8-11)13-9-26-17-19-18-10(2)21(17)20-13/h5-8,22H,4,9H2,1-3H3/b12-7-. The van der Waals surface area contributed by atoms with E-state index in [9.17, 15) is 9.90 Å². The normalized spacial score (nSPS) is 13.8. The first-order chi connectivity index (χ1) is 12.5. The van der Waals surface area contributed by atoms with Gasteiger partial charge in [0.15, 0.2) is 17.3 Å². The molecule has 0 radical (unpaired) electrons. The number of aryl methyl sites for hydroxylation is 1. The van der Waals surface area contributed by atoms with E-state index in [2.05, 4.69) is 15.3 Å². The third-order valence-corrected chi connectivity index (χ3v) is 4.58. The number of phenols is 1. The van der Waals surface area contributed by atoms with Crippen LogP contribution in [-0.2, 0) is 9.53 Å². The van der Waals surface area contributed by atoms with E-state index in [4.69, 9.17) is 9.47 Å². The topological polar surface area (TPSA) is 98.8 Å².